The number of pyridine rings is 1. The van der Waals surface area contributed by atoms with Crippen LogP contribution in [0.3, 0.4) is 0 Å². The third-order valence-corrected chi connectivity index (χ3v) is 5.49. The Balaban J connectivity index is 1.69. The van der Waals surface area contributed by atoms with Crippen molar-refractivity contribution in [3.63, 3.8) is 0 Å². The fourth-order valence-electron chi connectivity index (χ4n) is 4.23. The van der Waals surface area contributed by atoms with Crippen molar-refractivity contribution in [2.75, 3.05) is 30.4 Å². The maximum absolute atomic E-state index is 13.2. The smallest absolute Gasteiger partial charge is 0.256 e. The van der Waals surface area contributed by atoms with E-state index in [4.69, 9.17) is 9.72 Å². The highest BCUT2D eigenvalue weighted by Crippen LogP contribution is 2.29. The molecule has 1 N–H and O–H groups in total. The summed E-state index contributed by atoms with van der Waals surface area (Å²) < 4.78 is 5.19. The van der Waals surface area contributed by atoms with Crippen LogP contribution in [0, 0.1) is 11.8 Å². The van der Waals surface area contributed by atoms with E-state index in [2.05, 4.69) is 24.1 Å². The SMILES string of the molecule is COc1ccc(NC(=O)c2cc(N3C[C@@H](C)C[C@H](C)C3)nc3ccccc23)cc1. The van der Waals surface area contributed by atoms with Gasteiger partial charge in [0.2, 0.25) is 0 Å². The molecule has 1 aliphatic rings. The Morgan fingerprint density at radius 1 is 1.07 bits per heavy atom. The van der Waals surface area contributed by atoms with Gasteiger partial charge in [-0.2, -0.15) is 0 Å². The molecule has 2 aromatic carbocycles. The Hall–Kier alpha value is -3.08. The summed E-state index contributed by atoms with van der Waals surface area (Å²) in [6, 6.07) is 17.1. The van der Waals surface area contributed by atoms with Crippen molar-refractivity contribution in [3.8, 4) is 5.75 Å². The number of benzene rings is 2. The molecule has 5 heteroatoms. The molecule has 1 aromatic heterocycles. The van der Waals surface area contributed by atoms with E-state index in [-0.39, 0.29) is 5.91 Å². The zero-order chi connectivity index (χ0) is 20.4. The van der Waals surface area contributed by atoms with Gasteiger partial charge in [-0.15, -0.1) is 0 Å². The van der Waals surface area contributed by atoms with Crippen LogP contribution < -0.4 is 15.0 Å². The van der Waals surface area contributed by atoms with Crippen molar-refractivity contribution in [3.05, 3.63) is 60.2 Å². The molecule has 1 saturated heterocycles. The minimum Gasteiger partial charge on any atom is -0.497 e. The van der Waals surface area contributed by atoms with Gasteiger partial charge in [0.15, 0.2) is 0 Å². The van der Waals surface area contributed by atoms with Crippen LogP contribution in [0.5, 0.6) is 5.75 Å². The number of aromatic nitrogens is 1. The third-order valence-electron chi connectivity index (χ3n) is 5.49. The number of rotatable bonds is 4. The Morgan fingerprint density at radius 3 is 2.45 bits per heavy atom. The summed E-state index contributed by atoms with van der Waals surface area (Å²) in [5.74, 6) is 2.73. The molecule has 0 radical (unpaired) electrons. The first-order valence-corrected chi connectivity index (χ1v) is 10.1. The predicted molar refractivity (Wildman–Crippen MR) is 118 cm³/mol. The van der Waals surface area contributed by atoms with Crippen molar-refractivity contribution in [2.24, 2.45) is 11.8 Å². The number of nitrogens with one attached hydrogen (secondary N) is 1. The molecular formula is C24H27N3O2. The summed E-state index contributed by atoms with van der Waals surface area (Å²) in [6.07, 6.45) is 1.23. The lowest BCUT2D eigenvalue weighted by atomic mass is 9.92. The molecule has 29 heavy (non-hydrogen) atoms. The molecule has 0 unspecified atom stereocenters. The molecule has 0 bridgehead atoms. The molecule has 150 valence electrons. The first-order valence-electron chi connectivity index (χ1n) is 10.1. The van der Waals surface area contributed by atoms with Crippen LogP contribution in [0.4, 0.5) is 11.5 Å². The zero-order valence-corrected chi connectivity index (χ0v) is 17.2. The Labute approximate surface area is 171 Å². The third kappa shape index (κ3) is 4.19. The second kappa shape index (κ2) is 8.11. The van der Waals surface area contributed by atoms with Gasteiger partial charge in [-0.05, 0) is 54.7 Å². The first-order chi connectivity index (χ1) is 14.0. The normalized spacial score (nSPS) is 19.2. The number of amides is 1. The number of methoxy groups -OCH3 is 1. The number of hydrogen-bond acceptors (Lipinski definition) is 4. The van der Waals surface area contributed by atoms with Crippen LogP contribution in [0.15, 0.2) is 54.6 Å². The van der Waals surface area contributed by atoms with Gasteiger partial charge in [-0.1, -0.05) is 32.0 Å². The monoisotopic (exact) mass is 389 g/mol. The standard InChI is InChI=1S/C24H27N3O2/c1-16-12-17(2)15-27(14-16)23-13-21(20-6-4-5-7-22(20)26-23)24(28)25-18-8-10-19(29-3)11-9-18/h4-11,13,16-17H,12,14-15H2,1-3H3,(H,25,28)/t16-,17-/m0/s1. The van der Waals surface area contributed by atoms with Crippen molar-refractivity contribution in [2.45, 2.75) is 20.3 Å². The average molecular weight is 389 g/mol. The zero-order valence-electron chi connectivity index (χ0n) is 17.2. The number of ether oxygens (including phenoxy) is 1. The van der Waals surface area contributed by atoms with Gasteiger partial charge in [0.1, 0.15) is 11.6 Å². The van der Waals surface area contributed by atoms with E-state index in [0.717, 1.165) is 41.2 Å². The summed E-state index contributed by atoms with van der Waals surface area (Å²) >= 11 is 0. The molecule has 3 aromatic rings. The summed E-state index contributed by atoms with van der Waals surface area (Å²) in [5.41, 5.74) is 2.22. The number of fused-ring (bicyclic) bond motifs is 1. The van der Waals surface area contributed by atoms with Gasteiger partial charge in [0.05, 0.1) is 18.2 Å². The highest BCUT2D eigenvalue weighted by Gasteiger charge is 2.24. The first kappa shape index (κ1) is 19.2. The van der Waals surface area contributed by atoms with Gasteiger partial charge < -0.3 is 15.0 Å². The topological polar surface area (TPSA) is 54.5 Å². The fraction of sp³-hybridized carbons (Fsp3) is 0.333. The molecule has 0 aliphatic carbocycles. The Kier molecular flexibility index (Phi) is 5.38. The minimum absolute atomic E-state index is 0.131. The maximum Gasteiger partial charge on any atom is 0.256 e. The molecule has 1 fully saturated rings. The molecular weight excluding hydrogens is 362 g/mol. The summed E-state index contributed by atoms with van der Waals surface area (Å²) in [5, 5.41) is 3.87. The van der Waals surface area contributed by atoms with Gasteiger partial charge >= 0.3 is 0 Å². The molecule has 1 aliphatic heterocycles. The Bertz CT molecular complexity index is 1010. The van der Waals surface area contributed by atoms with Crippen LogP contribution in [-0.2, 0) is 0 Å². The summed E-state index contributed by atoms with van der Waals surface area (Å²) in [7, 11) is 1.63. The van der Waals surface area contributed by atoms with Crippen LogP contribution in [0.2, 0.25) is 0 Å². The van der Waals surface area contributed by atoms with Gasteiger partial charge in [0, 0.05) is 24.2 Å². The highest BCUT2D eigenvalue weighted by molar-refractivity contribution is 6.13. The number of nitrogens with zero attached hydrogens (tertiary/aromatic N) is 2. The van der Waals surface area contributed by atoms with E-state index in [1.807, 2.05) is 54.6 Å². The summed E-state index contributed by atoms with van der Waals surface area (Å²) in [4.78, 5) is 20.3. The quantitative estimate of drug-likeness (QED) is 0.684. The highest BCUT2D eigenvalue weighted by atomic mass is 16.5. The van der Waals surface area contributed by atoms with E-state index in [9.17, 15) is 4.79 Å². The maximum atomic E-state index is 13.2. The second-order valence-electron chi connectivity index (χ2n) is 8.08. The van der Waals surface area contributed by atoms with E-state index < -0.39 is 0 Å². The molecule has 1 amide bonds. The molecule has 2 atom stereocenters. The number of hydrogen-bond donors (Lipinski definition) is 1. The summed E-state index contributed by atoms with van der Waals surface area (Å²) in [6.45, 7) is 6.49. The van der Waals surface area contributed by atoms with Crippen molar-refractivity contribution in [1.82, 2.24) is 4.98 Å². The number of para-hydroxylation sites is 1. The number of piperidine rings is 1. The van der Waals surface area contributed by atoms with Gasteiger partial charge in [-0.3, -0.25) is 4.79 Å². The molecule has 4 rings (SSSR count). The minimum atomic E-state index is -0.131. The Morgan fingerprint density at radius 2 is 1.76 bits per heavy atom. The van der Waals surface area contributed by atoms with E-state index in [1.54, 1.807) is 7.11 Å². The van der Waals surface area contributed by atoms with Crippen molar-refractivity contribution >= 4 is 28.3 Å². The van der Waals surface area contributed by atoms with Crippen molar-refractivity contribution in [1.29, 1.82) is 0 Å². The lowest BCUT2D eigenvalue weighted by Gasteiger charge is -2.36. The lowest BCUT2D eigenvalue weighted by Crippen LogP contribution is -2.39. The van der Waals surface area contributed by atoms with Crippen LogP contribution in [0.1, 0.15) is 30.6 Å². The lowest BCUT2D eigenvalue weighted by molar-refractivity contribution is 0.102. The molecule has 0 saturated carbocycles. The molecule has 0 spiro atoms. The largest absolute Gasteiger partial charge is 0.497 e. The average Bonchev–Trinajstić information content (AvgIpc) is 2.72. The van der Waals surface area contributed by atoms with E-state index in [0.29, 0.717) is 17.4 Å². The van der Waals surface area contributed by atoms with E-state index >= 15 is 0 Å². The molecule has 5 nitrogen and oxygen atoms in total. The van der Waals surface area contributed by atoms with Gasteiger partial charge in [0.25, 0.3) is 5.91 Å². The van der Waals surface area contributed by atoms with Crippen LogP contribution in [-0.4, -0.2) is 31.1 Å². The van der Waals surface area contributed by atoms with Gasteiger partial charge in [-0.25, -0.2) is 4.98 Å². The second-order valence-corrected chi connectivity index (χ2v) is 8.08. The van der Waals surface area contributed by atoms with E-state index in [1.165, 1.54) is 6.42 Å². The number of anilines is 2. The number of carbonyl (C=O) groups is 1. The number of carbonyl (C=O) groups excluding carboxylic acids is 1. The fourth-order valence-corrected chi connectivity index (χ4v) is 4.23. The van der Waals surface area contributed by atoms with Crippen LogP contribution in [0.25, 0.3) is 10.9 Å². The predicted octanol–water partition coefficient (Wildman–Crippen LogP) is 4.98. The van der Waals surface area contributed by atoms with Crippen molar-refractivity contribution < 1.29 is 9.53 Å². The molecule has 2 heterocycles. The van der Waals surface area contributed by atoms with Crippen LogP contribution >= 0.6 is 0 Å².